The van der Waals surface area contributed by atoms with Crippen LogP contribution < -0.4 is 5.69 Å². The van der Waals surface area contributed by atoms with Crippen molar-refractivity contribution in [1.82, 2.24) is 25.2 Å². The number of nitrogens with zero attached hydrogens (tertiary/aromatic N) is 3. The van der Waals surface area contributed by atoms with Crippen molar-refractivity contribution in [2.75, 3.05) is 13.1 Å². The standard InChI is InChI=1S/C15H19N5O3/c21-13(8-11-7-12(19-23-11)9-1-2-9)20-5-3-10(4-6-20)14-16-15(22)18-17-14/h7,9-10H,1-6,8H2,(H2,16,17,18,22). The Bertz CT molecular complexity index is 749. The van der Waals surface area contributed by atoms with Crippen molar-refractivity contribution >= 4 is 5.91 Å². The van der Waals surface area contributed by atoms with Crippen LogP contribution in [0, 0.1) is 0 Å². The number of rotatable bonds is 4. The smallest absolute Gasteiger partial charge is 0.340 e. The number of H-pyrrole nitrogens is 2. The lowest BCUT2D eigenvalue weighted by Crippen LogP contribution is -2.39. The van der Waals surface area contributed by atoms with Crippen molar-refractivity contribution in [3.8, 4) is 0 Å². The van der Waals surface area contributed by atoms with E-state index >= 15 is 0 Å². The number of piperidine rings is 1. The highest BCUT2D eigenvalue weighted by Crippen LogP contribution is 2.39. The lowest BCUT2D eigenvalue weighted by Gasteiger charge is -2.30. The third-order valence-electron chi connectivity index (χ3n) is 4.65. The van der Waals surface area contributed by atoms with Crippen LogP contribution in [0.4, 0.5) is 0 Å². The quantitative estimate of drug-likeness (QED) is 0.871. The molecule has 1 aliphatic heterocycles. The van der Waals surface area contributed by atoms with Gasteiger partial charge < -0.3 is 9.42 Å². The molecule has 122 valence electrons. The first kappa shape index (κ1) is 14.2. The molecule has 1 aliphatic carbocycles. The van der Waals surface area contributed by atoms with E-state index in [0.29, 0.717) is 30.6 Å². The van der Waals surface area contributed by atoms with Crippen molar-refractivity contribution in [2.24, 2.45) is 0 Å². The molecule has 4 rings (SSSR count). The molecule has 23 heavy (non-hydrogen) atoms. The molecule has 2 fully saturated rings. The number of amides is 1. The average molecular weight is 317 g/mol. The summed E-state index contributed by atoms with van der Waals surface area (Å²) in [6.45, 7) is 1.34. The molecule has 0 atom stereocenters. The zero-order valence-corrected chi connectivity index (χ0v) is 12.7. The van der Waals surface area contributed by atoms with Crippen LogP contribution in [0.5, 0.6) is 0 Å². The molecule has 0 radical (unpaired) electrons. The maximum atomic E-state index is 12.4. The van der Waals surface area contributed by atoms with Gasteiger partial charge in [-0.2, -0.15) is 5.10 Å². The van der Waals surface area contributed by atoms with E-state index in [0.717, 1.165) is 18.5 Å². The molecule has 8 heteroatoms. The van der Waals surface area contributed by atoms with Gasteiger partial charge in [0.1, 0.15) is 11.6 Å². The molecular weight excluding hydrogens is 298 g/mol. The molecule has 0 spiro atoms. The number of carbonyl (C=O) groups is 1. The SMILES string of the molecule is O=C(Cc1cc(C2CC2)no1)N1CCC(c2n[nH]c(=O)[nH]2)CC1. The van der Waals surface area contributed by atoms with E-state index in [1.54, 1.807) is 0 Å². The largest absolute Gasteiger partial charge is 0.361 e. The number of hydrogen-bond donors (Lipinski definition) is 2. The van der Waals surface area contributed by atoms with Gasteiger partial charge in [0, 0.05) is 31.0 Å². The van der Waals surface area contributed by atoms with Gasteiger partial charge in [-0.05, 0) is 25.7 Å². The van der Waals surface area contributed by atoms with E-state index in [4.69, 9.17) is 4.52 Å². The predicted octanol–water partition coefficient (Wildman–Crippen LogP) is 0.912. The van der Waals surface area contributed by atoms with Gasteiger partial charge in [0.05, 0.1) is 12.1 Å². The Hall–Kier alpha value is -2.38. The second-order valence-electron chi connectivity index (χ2n) is 6.39. The van der Waals surface area contributed by atoms with Crippen molar-refractivity contribution < 1.29 is 9.32 Å². The number of aromatic nitrogens is 4. The highest BCUT2D eigenvalue weighted by molar-refractivity contribution is 5.78. The van der Waals surface area contributed by atoms with Crippen molar-refractivity contribution in [3.05, 3.63) is 33.8 Å². The average Bonchev–Trinajstić information content (AvgIpc) is 3.16. The third-order valence-corrected chi connectivity index (χ3v) is 4.65. The highest BCUT2D eigenvalue weighted by Gasteiger charge is 2.29. The second kappa shape index (κ2) is 5.68. The molecule has 8 nitrogen and oxygen atoms in total. The van der Waals surface area contributed by atoms with Crippen LogP contribution in [0.1, 0.15) is 54.8 Å². The van der Waals surface area contributed by atoms with Crippen LogP contribution in [-0.4, -0.2) is 44.2 Å². The fraction of sp³-hybridized carbons (Fsp3) is 0.600. The number of aromatic amines is 2. The van der Waals surface area contributed by atoms with E-state index in [9.17, 15) is 9.59 Å². The lowest BCUT2D eigenvalue weighted by atomic mass is 9.96. The first-order valence-electron chi connectivity index (χ1n) is 8.07. The van der Waals surface area contributed by atoms with Crippen LogP contribution in [0.25, 0.3) is 0 Å². The maximum absolute atomic E-state index is 12.4. The van der Waals surface area contributed by atoms with Gasteiger partial charge in [0.2, 0.25) is 5.91 Å². The summed E-state index contributed by atoms with van der Waals surface area (Å²) in [6.07, 6.45) is 4.21. The van der Waals surface area contributed by atoms with Crippen LogP contribution in [0.15, 0.2) is 15.4 Å². The molecule has 2 N–H and O–H groups in total. The van der Waals surface area contributed by atoms with Gasteiger partial charge in [0.25, 0.3) is 0 Å². The van der Waals surface area contributed by atoms with Gasteiger partial charge in [-0.3, -0.25) is 9.78 Å². The van der Waals surface area contributed by atoms with Crippen molar-refractivity contribution in [2.45, 2.75) is 43.9 Å². The molecule has 1 saturated carbocycles. The fourth-order valence-corrected chi connectivity index (χ4v) is 3.12. The van der Waals surface area contributed by atoms with E-state index in [1.165, 1.54) is 12.8 Å². The topological polar surface area (TPSA) is 108 Å². The minimum atomic E-state index is -0.282. The summed E-state index contributed by atoms with van der Waals surface area (Å²) in [6, 6.07) is 1.91. The molecule has 2 aromatic rings. The molecule has 2 aliphatic rings. The highest BCUT2D eigenvalue weighted by atomic mass is 16.5. The number of nitrogens with one attached hydrogen (secondary N) is 2. The number of carbonyl (C=O) groups excluding carboxylic acids is 1. The Morgan fingerprint density at radius 3 is 2.70 bits per heavy atom. The monoisotopic (exact) mass is 317 g/mol. The van der Waals surface area contributed by atoms with Gasteiger partial charge in [-0.15, -0.1) is 0 Å². The molecular formula is C15H19N5O3. The minimum absolute atomic E-state index is 0.0671. The second-order valence-corrected chi connectivity index (χ2v) is 6.39. The van der Waals surface area contributed by atoms with E-state index in [-0.39, 0.29) is 23.9 Å². The lowest BCUT2D eigenvalue weighted by molar-refractivity contribution is -0.131. The Kier molecular flexibility index (Phi) is 3.51. The summed E-state index contributed by atoms with van der Waals surface area (Å²) >= 11 is 0. The number of hydrogen-bond acceptors (Lipinski definition) is 5. The summed E-state index contributed by atoms with van der Waals surface area (Å²) in [7, 11) is 0. The molecule has 0 unspecified atom stereocenters. The van der Waals surface area contributed by atoms with Crippen LogP contribution in [0.3, 0.4) is 0 Å². The molecule has 3 heterocycles. The first-order valence-corrected chi connectivity index (χ1v) is 8.07. The zero-order chi connectivity index (χ0) is 15.8. The van der Waals surface area contributed by atoms with E-state index in [1.807, 2.05) is 11.0 Å². The molecule has 1 amide bonds. The van der Waals surface area contributed by atoms with Crippen molar-refractivity contribution in [3.63, 3.8) is 0 Å². The first-order chi connectivity index (χ1) is 11.2. The Labute approximate surface area is 132 Å². The number of likely N-dealkylation sites (tertiary alicyclic amines) is 1. The molecule has 0 aromatic carbocycles. The van der Waals surface area contributed by atoms with Gasteiger partial charge in [0.15, 0.2) is 0 Å². The third kappa shape index (κ3) is 3.06. The van der Waals surface area contributed by atoms with Crippen molar-refractivity contribution in [1.29, 1.82) is 0 Å². The molecule has 1 saturated heterocycles. The summed E-state index contributed by atoms with van der Waals surface area (Å²) in [5.41, 5.74) is 0.698. The van der Waals surface area contributed by atoms with Crippen LogP contribution >= 0.6 is 0 Å². The maximum Gasteiger partial charge on any atom is 0.340 e. The summed E-state index contributed by atoms with van der Waals surface area (Å²) < 4.78 is 5.27. The summed E-state index contributed by atoms with van der Waals surface area (Å²) in [5, 5.41) is 10.4. The van der Waals surface area contributed by atoms with Gasteiger partial charge in [-0.25, -0.2) is 9.89 Å². The van der Waals surface area contributed by atoms with Crippen LogP contribution in [-0.2, 0) is 11.2 Å². The van der Waals surface area contributed by atoms with Gasteiger partial charge in [-0.1, -0.05) is 5.16 Å². The normalized spacial score (nSPS) is 19.2. The molecule has 2 aromatic heterocycles. The van der Waals surface area contributed by atoms with E-state index < -0.39 is 0 Å². The summed E-state index contributed by atoms with van der Waals surface area (Å²) in [4.78, 5) is 28.0. The Balaban J connectivity index is 1.32. The Morgan fingerprint density at radius 1 is 1.26 bits per heavy atom. The molecule has 0 bridgehead atoms. The van der Waals surface area contributed by atoms with Crippen LogP contribution in [0.2, 0.25) is 0 Å². The predicted molar refractivity (Wildman–Crippen MR) is 79.9 cm³/mol. The minimum Gasteiger partial charge on any atom is -0.361 e. The van der Waals surface area contributed by atoms with Gasteiger partial charge >= 0.3 is 5.69 Å². The fourth-order valence-electron chi connectivity index (χ4n) is 3.12. The zero-order valence-electron chi connectivity index (χ0n) is 12.7. The summed E-state index contributed by atoms with van der Waals surface area (Å²) in [5.74, 6) is 2.14. The van der Waals surface area contributed by atoms with E-state index in [2.05, 4.69) is 20.3 Å². The Morgan fingerprint density at radius 2 is 2.04 bits per heavy atom.